The normalized spacial score (nSPS) is 21.9. The van der Waals surface area contributed by atoms with Gasteiger partial charge in [-0.3, -0.25) is 9.59 Å². The molecule has 0 aromatic heterocycles. The van der Waals surface area contributed by atoms with Crippen molar-refractivity contribution < 1.29 is 24.2 Å². The van der Waals surface area contributed by atoms with Crippen molar-refractivity contribution in [1.82, 2.24) is 4.90 Å². The van der Waals surface area contributed by atoms with Gasteiger partial charge >= 0.3 is 0 Å². The van der Waals surface area contributed by atoms with Gasteiger partial charge in [0.05, 0.1) is 16.6 Å². The Hall–Kier alpha value is -2.86. The molecule has 0 spiro atoms. The molecule has 1 aliphatic carbocycles. The average Bonchev–Trinajstić information content (AvgIpc) is 3.31. The molecule has 1 unspecified atom stereocenters. The topological polar surface area (TPSA) is 77.8 Å². The first-order chi connectivity index (χ1) is 13.9. The molecule has 2 N–H and O–H groups in total. The molecule has 1 atom stereocenters. The van der Waals surface area contributed by atoms with E-state index in [0.717, 1.165) is 25.7 Å². The van der Waals surface area contributed by atoms with Crippen LogP contribution < -0.4 is 0 Å². The van der Waals surface area contributed by atoms with Gasteiger partial charge in [0, 0.05) is 11.6 Å². The first-order valence-electron chi connectivity index (χ1n) is 9.43. The standard InChI is InChI=1S/C22H19ClFNO4/c23-16-11-13(7-10-17(16)26)19-18(20(27)12-5-8-14(24)9-6-12)21(28)22(29)25(19)15-3-1-2-4-15/h5-11,15,19,26-27H,1-4H2/b20-18-. The van der Waals surface area contributed by atoms with E-state index in [0.29, 0.717) is 5.56 Å². The molecule has 2 aliphatic rings. The molecule has 150 valence electrons. The number of hydrogen-bond donors (Lipinski definition) is 2. The van der Waals surface area contributed by atoms with E-state index in [2.05, 4.69) is 0 Å². The SMILES string of the molecule is O=C1C(=O)N(C2CCCC2)C(c2ccc(O)c(Cl)c2)/C1=C(/O)c1ccc(F)cc1. The predicted molar refractivity (Wildman–Crippen MR) is 106 cm³/mol. The monoisotopic (exact) mass is 415 g/mol. The van der Waals surface area contributed by atoms with Crippen molar-refractivity contribution >= 4 is 29.1 Å². The van der Waals surface area contributed by atoms with Gasteiger partial charge in [0.2, 0.25) is 0 Å². The minimum Gasteiger partial charge on any atom is -0.507 e. The molecule has 5 nitrogen and oxygen atoms in total. The highest BCUT2D eigenvalue weighted by Crippen LogP contribution is 2.44. The molecule has 1 saturated heterocycles. The molecule has 2 fully saturated rings. The number of likely N-dealkylation sites (tertiary alicyclic amines) is 1. The highest BCUT2D eigenvalue weighted by atomic mass is 35.5. The molecule has 4 rings (SSSR count). The number of amides is 1. The van der Waals surface area contributed by atoms with Crippen LogP contribution in [0.4, 0.5) is 4.39 Å². The number of nitrogens with zero attached hydrogens (tertiary/aromatic N) is 1. The van der Waals surface area contributed by atoms with E-state index in [4.69, 9.17) is 11.6 Å². The summed E-state index contributed by atoms with van der Waals surface area (Å²) in [5, 5.41) is 20.7. The van der Waals surface area contributed by atoms with E-state index < -0.39 is 23.5 Å². The Kier molecular flexibility index (Phi) is 5.04. The molecular weight excluding hydrogens is 397 g/mol. The number of hydrogen-bond acceptors (Lipinski definition) is 4. The Morgan fingerprint density at radius 2 is 1.72 bits per heavy atom. The van der Waals surface area contributed by atoms with E-state index in [1.165, 1.54) is 41.3 Å². The molecule has 29 heavy (non-hydrogen) atoms. The van der Waals surface area contributed by atoms with Crippen molar-refractivity contribution in [1.29, 1.82) is 0 Å². The fraction of sp³-hybridized carbons (Fsp3) is 0.273. The van der Waals surface area contributed by atoms with Crippen LogP contribution in [0.15, 0.2) is 48.0 Å². The van der Waals surface area contributed by atoms with E-state index in [1.54, 1.807) is 6.07 Å². The molecule has 1 aliphatic heterocycles. The number of phenolic OH excluding ortho intramolecular Hbond substituents is 1. The van der Waals surface area contributed by atoms with Gasteiger partial charge in [0.25, 0.3) is 11.7 Å². The van der Waals surface area contributed by atoms with Crippen molar-refractivity contribution in [2.45, 2.75) is 37.8 Å². The van der Waals surface area contributed by atoms with Crippen LogP contribution in [0.1, 0.15) is 42.9 Å². The molecule has 1 saturated carbocycles. The first kappa shape index (κ1) is 19.5. The zero-order valence-corrected chi connectivity index (χ0v) is 16.2. The molecule has 7 heteroatoms. The maximum atomic E-state index is 13.3. The molecule has 2 aromatic carbocycles. The number of halogens is 2. The van der Waals surface area contributed by atoms with Gasteiger partial charge in [-0.15, -0.1) is 0 Å². The molecule has 2 aromatic rings. The summed E-state index contributed by atoms with van der Waals surface area (Å²) in [5.41, 5.74) is 0.698. The highest BCUT2D eigenvalue weighted by molar-refractivity contribution is 6.46. The van der Waals surface area contributed by atoms with E-state index in [1.807, 2.05) is 0 Å². The zero-order valence-electron chi connectivity index (χ0n) is 15.4. The van der Waals surface area contributed by atoms with Gasteiger partial charge in [-0.2, -0.15) is 0 Å². The summed E-state index contributed by atoms with van der Waals surface area (Å²) in [5.74, 6) is -2.41. The third-order valence-corrected chi connectivity index (χ3v) is 5.91. The van der Waals surface area contributed by atoms with Crippen LogP contribution in [0.3, 0.4) is 0 Å². The average molecular weight is 416 g/mol. The minimum atomic E-state index is -0.832. The van der Waals surface area contributed by atoms with Crippen molar-refractivity contribution in [3.63, 3.8) is 0 Å². The van der Waals surface area contributed by atoms with Crippen molar-refractivity contribution in [3.8, 4) is 5.75 Å². The lowest BCUT2D eigenvalue weighted by atomic mass is 9.94. The van der Waals surface area contributed by atoms with Crippen molar-refractivity contribution in [3.05, 3.63) is 70.0 Å². The predicted octanol–water partition coefficient (Wildman–Crippen LogP) is 4.55. The lowest BCUT2D eigenvalue weighted by Gasteiger charge is -2.31. The summed E-state index contributed by atoms with van der Waals surface area (Å²) in [4.78, 5) is 27.4. The molecule has 0 bridgehead atoms. The van der Waals surface area contributed by atoms with E-state index >= 15 is 0 Å². The summed E-state index contributed by atoms with van der Waals surface area (Å²) < 4.78 is 13.3. The van der Waals surface area contributed by atoms with Crippen LogP contribution in [0.25, 0.3) is 5.76 Å². The fourth-order valence-electron chi connectivity index (χ4n) is 4.19. The van der Waals surface area contributed by atoms with Crippen LogP contribution in [0.5, 0.6) is 5.75 Å². The van der Waals surface area contributed by atoms with Gasteiger partial charge < -0.3 is 15.1 Å². The van der Waals surface area contributed by atoms with Gasteiger partial charge in [0.1, 0.15) is 17.3 Å². The number of aliphatic hydroxyl groups excluding tert-OH is 1. The third kappa shape index (κ3) is 3.38. The Morgan fingerprint density at radius 1 is 1.07 bits per heavy atom. The van der Waals surface area contributed by atoms with E-state index in [-0.39, 0.29) is 33.7 Å². The Bertz CT molecular complexity index is 1010. The number of aliphatic hydroxyl groups is 1. The molecule has 1 heterocycles. The number of Topliss-reactive ketones (excluding diaryl/α,β-unsaturated/α-hetero) is 1. The fourth-order valence-corrected chi connectivity index (χ4v) is 4.38. The number of carbonyl (C=O) groups is 2. The van der Waals surface area contributed by atoms with Gasteiger partial charge in [-0.25, -0.2) is 4.39 Å². The first-order valence-corrected chi connectivity index (χ1v) is 9.80. The second kappa shape index (κ2) is 7.52. The number of carbonyl (C=O) groups excluding carboxylic acids is 2. The van der Waals surface area contributed by atoms with Crippen LogP contribution in [0, 0.1) is 5.82 Å². The smallest absolute Gasteiger partial charge is 0.295 e. The molecule has 1 amide bonds. The van der Waals surface area contributed by atoms with Crippen LogP contribution >= 0.6 is 11.6 Å². The Labute approximate surface area is 172 Å². The number of benzene rings is 2. The second-order valence-corrected chi connectivity index (χ2v) is 7.77. The van der Waals surface area contributed by atoms with Gasteiger partial charge in [-0.05, 0) is 54.8 Å². The summed E-state index contributed by atoms with van der Waals surface area (Å²) in [7, 11) is 0. The third-order valence-electron chi connectivity index (χ3n) is 5.60. The maximum absolute atomic E-state index is 13.3. The van der Waals surface area contributed by atoms with Gasteiger partial charge in [0.15, 0.2) is 0 Å². The largest absolute Gasteiger partial charge is 0.507 e. The maximum Gasteiger partial charge on any atom is 0.295 e. The highest BCUT2D eigenvalue weighted by Gasteiger charge is 2.49. The van der Waals surface area contributed by atoms with Crippen molar-refractivity contribution in [2.75, 3.05) is 0 Å². The quantitative estimate of drug-likeness (QED) is 0.438. The lowest BCUT2D eigenvalue weighted by molar-refractivity contribution is -0.141. The number of rotatable bonds is 3. The minimum absolute atomic E-state index is 0.0599. The Morgan fingerprint density at radius 3 is 2.34 bits per heavy atom. The van der Waals surface area contributed by atoms with Crippen LogP contribution in [-0.4, -0.2) is 32.8 Å². The van der Waals surface area contributed by atoms with Crippen LogP contribution in [-0.2, 0) is 9.59 Å². The molecular formula is C22H19ClFNO4. The zero-order chi connectivity index (χ0) is 20.7. The summed E-state index contributed by atoms with van der Waals surface area (Å²) in [6.07, 6.45) is 3.45. The number of ketones is 1. The molecule has 0 radical (unpaired) electrons. The van der Waals surface area contributed by atoms with E-state index in [9.17, 15) is 24.2 Å². The summed E-state index contributed by atoms with van der Waals surface area (Å²) in [6, 6.07) is 8.57. The lowest BCUT2D eigenvalue weighted by Crippen LogP contribution is -2.37. The number of phenols is 1. The second-order valence-electron chi connectivity index (χ2n) is 7.36. The number of aromatic hydroxyl groups is 1. The van der Waals surface area contributed by atoms with Crippen LogP contribution in [0.2, 0.25) is 5.02 Å². The van der Waals surface area contributed by atoms with Gasteiger partial charge in [-0.1, -0.05) is 30.5 Å². The summed E-state index contributed by atoms with van der Waals surface area (Å²) in [6.45, 7) is 0. The Balaban J connectivity index is 1.90. The van der Waals surface area contributed by atoms with Crippen molar-refractivity contribution in [2.24, 2.45) is 0 Å². The summed E-state index contributed by atoms with van der Waals surface area (Å²) >= 11 is 6.08.